The molecular formula is C25H23N5O2. The van der Waals surface area contributed by atoms with Gasteiger partial charge in [-0.05, 0) is 43.5 Å². The molecule has 0 saturated heterocycles. The molecule has 1 aliphatic heterocycles. The van der Waals surface area contributed by atoms with E-state index in [1.165, 1.54) is 0 Å². The number of carbonyl (C=O) groups excluding carboxylic acids is 1. The summed E-state index contributed by atoms with van der Waals surface area (Å²) in [5, 5.41) is 7.91. The first kappa shape index (κ1) is 19.0. The first-order chi connectivity index (χ1) is 15.6. The van der Waals surface area contributed by atoms with E-state index in [2.05, 4.69) is 44.6 Å². The van der Waals surface area contributed by atoms with Crippen LogP contribution >= 0.6 is 0 Å². The summed E-state index contributed by atoms with van der Waals surface area (Å²) in [6.45, 7) is 2.53. The molecule has 1 amide bonds. The van der Waals surface area contributed by atoms with Gasteiger partial charge in [-0.2, -0.15) is 5.10 Å². The Hall–Kier alpha value is -3.74. The van der Waals surface area contributed by atoms with Gasteiger partial charge in [-0.1, -0.05) is 29.8 Å². The van der Waals surface area contributed by atoms with Gasteiger partial charge in [0.2, 0.25) is 0 Å². The molecule has 3 aromatic heterocycles. The molecule has 160 valence electrons. The molecule has 2 aliphatic rings. The van der Waals surface area contributed by atoms with E-state index in [0.29, 0.717) is 41.7 Å². The summed E-state index contributed by atoms with van der Waals surface area (Å²) in [6.07, 6.45) is 6.40. The maximum absolute atomic E-state index is 13.6. The Bertz CT molecular complexity index is 1330. The van der Waals surface area contributed by atoms with Crippen LogP contribution in [0.5, 0.6) is 5.75 Å². The number of aromatic nitrogens is 4. The second-order valence-corrected chi connectivity index (χ2v) is 8.62. The van der Waals surface area contributed by atoms with E-state index in [1.54, 1.807) is 23.0 Å². The van der Waals surface area contributed by atoms with Crippen LogP contribution in [0.3, 0.4) is 0 Å². The first-order valence-corrected chi connectivity index (χ1v) is 11.0. The Balaban J connectivity index is 1.44. The van der Waals surface area contributed by atoms with E-state index in [9.17, 15) is 4.79 Å². The number of carbonyl (C=O) groups is 1. The molecule has 4 aromatic rings. The molecule has 0 radical (unpaired) electrons. The van der Waals surface area contributed by atoms with Gasteiger partial charge in [-0.25, -0.2) is 9.50 Å². The highest BCUT2D eigenvalue weighted by molar-refractivity contribution is 5.94. The number of hydrogen-bond donors (Lipinski definition) is 1. The normalized spacial score (nSPS) is 19.9. The number of hydrogen-bond acceptors (Lipinski definition) is 5. The molecule has 1 aliphatic carbocycles. The quantitative estimate of drug-likeness (QED) is 0.538. The average Bonchev–Trinajstić information content (AvgIpc) is 3.56. The number of nitrogens with one attached hydrogen (secondary N) is 1. The predicted octanol–water partition coefficient (Wildman–Crippen LogP) is 3.77. The summed E-state index contributed by atoms with van der Waals surface area (Å²) >= 11 is 0. The molecule has 1 aromatic carbocycles. The van der Waals surface area contributed by atoms with Crippen LogP contribution in [-0.2, 0) is 5.54 Å². The lowest BCUT2D eigenvalue weighted by Crippen LogP contribution is -2.50. The number of aryl methyl sites for hydroxylation is 1. The molecule has 32 heavy (non-hydrogen) atoms. The van der Waals surface area contributed by atoms with Crippen LogP contribution < -0.4 is 10.1 Å². The summed E-state index contributed by atoms with van der Waals surface area (Å²) in [6, 6.07) is 15.7. The second-order valence-electron chi connectivity index (χ2n) is 8.62. The molecule has 1 fully saturated rings. The maximum atomic E-state index is 13.6. The van der Waals surface area contributed by atoms with Crippen LogP contribution in [0.1, 0.15) is 58.2 Å². The first-order valence-electron chi connectivity index (χ1n) is 11.0. The van der Waals surface area contributed by atoms with Crippen molar-refractivity contribution in [2.75, 3.05) is 6.61 Å². The Labute approximate surface area is 185 Å². The third-order valence-corrected chi connectivity index (χ3v) is 6.40. The fourth-order valence-electron chi connectivity index (χ4n) is 4.54. The molecule has 0 unspecified atom stereocenters. The lowest BCUT2D eigenvalue weighted by Gasteiger charge is -2.38. The van der Waals surface area contributed by atoms with Crippen molar-refractivity contribution in [1.82, 2.24) is 24.9 Å². The van der Waals surface area contributed by atoms with Gasteiger partial charge in [-0.3, -0.25) is 9.78 Å². The van der Waals surface area contributed by atoms with Crippen LogP contribution in [0.25, 0.3) is 5.65 Å². The van der Waals surface area contributed by atoms with E-state index in [-0.39, 0.29) is 5.91 Å². The number of benzene rings is 1. The van der Waals surface area contributed by atoms with Crippen LogP contribution in [-0.4, -0.2) is 32.1 Å². The van der Waals surface area contributed by atoms with Crippen LogP contribution in [0, 0.1) is 6.92 Å². The summed E-state index contributed by atoms with van der Waals surface area (Å²) in [5.74, 6) is 0.936. The highest BCUT2D eigenvalue weighted by Gasteiger charge is 2.43. The SMILES string of the molecule is Cc1ccc([C@@]2(NC(=O)c3cc4nccc(C5CC5)n4n3)CCOc3cccnc32)cc1. The minimum Gasteiger partial charge on any atom is -0.491 e. The number of amides is 1. The zero-order valence-electron chi connectivity index (χ0n) is 17.8. The summed E-state index contributed by atoms with van der Waals surface area (Å²) in [4.78, 5) is 22.6. The average molecular weight is 425 g/mol. The van der Waals surface area contributed by atoms with Gasteiger partial charge in [0.25, 0.3) is 5.91 Å². The highest BCUT2D eigenvalue weighted by atomic mass is 16.5. The van der Waals surface area contributed by atoms with E-state index in [1.807, 2.05) is 25.1 Å². The minimum atomic E-state index is -0.803. The lowest BCUT2D eigenvalue weighted by molar-refractivity contribution is 0.0878. The third-order valence-electron chi connectivity index (χ3n) is 6.40. The topological polar surface area (TPSA) is 81.4 Å². The van der Waals surface area contributed by atoms with E-state index < -0.39 is 5.54 Å². The van der Waals surface area contributed by atoms with E-state index in [0.717, 1.165) is 29.7 Å². The molecule has 7 heteroatoms. The van der Waals surface area contributed by atoms with Crippen molar-refractivity contribution in [3.8, 4) is 5.75 Å². The van der Waals surface area contributed by atoms with Crippen molar-refractivity contribution in [2.45, 2.75) is 37.6 Å². The lowest BCUT2D eigenvalue weighted by atomic mass is 9.81. The monoisotopic (exact) mass is 425 g/mol. The Morgan fingerprint density at radius 1 is 1.12 bits per heavy atom. The van der Waals surface area contributed by atoms with E-state index in [4.69, 9.17) is 4.74 Å². The molecule has 1 atom stereocenters. The van der Waals surface area contributed by atoms with Crippen molar-refractivity contribution in [2.24, 2.45) is 0 Å². The summed E-state index contributed by atoms with van der Waals surface area (Å²) in [7, 11) is 0. The van der Waals surface area contributed by atoms with Gasteiger partial charge in [-0.15, -0.1) is 0 Å². The summed E-state index contributed by atoms with van der Waals surface area (Å²) < 4.78 is 7.67. The number of nitrogens with zero attached hydrogens (tertiary/aromatic N) is 4. The molecule has 4 heterocycles. The molecule has 6 rings (SSSR count). The molecule has 1 N–H and O–H groups in total. The third kappa shape index (κ3) is 3.04. The van der Waals surface area contributed by atoms with Crippen molar-refractivity contribution in [1.29, 1.82) is 0 Å². The van der Waals surface area contributed by atoms with Gasteiger partial charge < -0.3 is 10.1 Å². The van der Waals surface area contributed by atoms with Crippen LogP contribution in [0.4, 0.5) is 0 Å². The van der Waals surface area contributed by atoms with Gasteiger partial charge in [0.15, 0.2) is 11.3 Å². The highest BCUT2D eigenvalue weighted by Crippen LogP contribution is 2.41. The zero-order valence-corrected chi connectivity index (χ0v) is 17.8. The number of rotatable bonds is 4. The standard InChI is InChI=1S/C25H23N5O2/c1-16-4-8-18(9-5-16)25(11-14-32-21-3-2-12-27-23(21)25)28-24(31)19-15-22-26-13-10-20(17-6-7-17)30(22)29-19/h2-5,8-10,12-13,15,17H,6-7,11,14H2,1H3,(H,28,31)/t25-/m0/s1. The van der Waals surface area contributed by atoms with Crippen molar-refractivity contribution in [3.05, 3.63) is 89.1 Å². The number of fused-ring (bicyclic) bond motifs is 2. The number of pyridine rings is 1. The van der Waals surface area contributed by atoms with Gasteiger partial charge >= 0.3 is 0 Å². The van der Waals surface area contributed by atoms with Gasteiger partial charge in [0, 0.05) is 36.5 Å². The largest absolute Gasteiger partial charge is 0.491 e. The molecule has 0 spiro atoms. The second kappa shape index (κ2) is 7.15. The van der Waals surface area contributed by atoms with Crippen LogP contribution in [0.2, 0.25) is 0 Å². The Morgan fingerprint density at radius 2 is 1.97 bits per heavy atom. The predicted molar refractivity (Wildman–Crippen MR) is 119 cm³/mol. The Morgan fingerprint density at radius 3 is 2.78 bits per heavy atom. The van der Waals surface area contributed by atoms with Gasteiger partial charge in [0.05, 0.1) is 6.61 Å². The maximum Gasteiger partial charge on any atom is 0.272 e. The fourth-order valence-corrected chi connectivity index (χ4v) is 4.54. The van der Waals surface area contributed by atoms with Crippen molar-refractivity contribution < 1.29 is 9.53 Å². The van der Waals surface area contributed by atoms with E-state index >= 15 is 0 Å². The van der Waals surface area contributed by atoms with Crippen LogP contribution in [0.15, 0.2) is 60.9 Å². The summed E-state index contributed by atoms with van der Waals surface area (Å²) in [5.41, 5.74) is 4.19. The minimum absolute atomic E-state index is 0.253. The molecule has 7 nitrogen and oxygen atoms in total. The Kier molecular flexibility index (Phi) is 4.24. The van der Waals surface area contributed by atoms with Gasteiger partial charge in [0.1, 0.15) is 17.0 Å². The smallest absolute Gasteiger partial charge is 0.272 e. The zero-order chi connectivity index (χ0) is 21.7. The number of ether oxygens (including phenoxy) is 1. The van der Waals surface area contributed by atoms with Crippen molar-refractivity contribution in [3.63, 3.8) is 0 Å². The molecule has 1 saturated carbocycles. The molecular weight excluding hydrogens is 402 g/mol. The molecule has 0 bridgehead atoms. The fraction of sp³-hybridized carbons (Fsp3) is 0.280. The van der Waals surface area contributed by atoms with Crippen molar-refractivity contribution >= 4 is 11.6 Å².